The van der Waals surface area contributed by atoms with Gasteiger partial charge in [0.15, 0.2) is 0 Å². The van der Waals surface area contributed by atoms with Crippen LogP contribution in [0.4, 0.5) is 5.69 Å². The fraction of sp³-hybridized carbons (Fsp3) is 0.647. The topological polar surface area (TPSA) is 33.3 Å². The molecule has 1 aromatic carbocycles. The lowest BCUT2D eigenvalue weighted by atomic mass is 9.64. The third-order valence-corrected chi connectivity index (χ3v) is 5.29. The molecule has 3 unspecified atom stereocenters. The Labute approximate surface area is 122 Å². The predicted molar refractivity (Wildman–Crippen MR) is 83.3 cm³/mol. The first-order valence-electron chi connectivity index (χ1n) is 7.72. The van der Waals surface area contributed by atoms with E-state index in [1.807, 2.05) is 7.11 Å². The number of methoxy groups -OCH3 is 1. The number of fused-ring (bicyclic) bond motifs is 1. The molecule has 3 rings (SSSR count). The van der Waals surface area contributed by atoms with Gasteiger partial charge in [-0.05, 0) is 31.0 Å². The van der Waals surface area contributed by atoms with E-state index in [1.165, 1.54) is 17.7 Å². The summed E-state index contributed by atoms with van der Waals surface area (Å²) < 4.78 is 5.51. The highest BCUT2D eigenvalue weighted by atomic mass is 16.5. The fourth-order valence-electron chi connectivity index (χ4n) is 3.68. The van der Waals surface area contributed by atoms with Crippen molar-refractivity contribution < 1.29 is 4.74 Å². The summed E-state index contributed by atoms with van der Waals surface area (Å²) in [5.41, 5.74) is 3.07. The molecule has 1 aliphatic heterocycles. The normalized spacial score (nSPS) is 30.4. The van der Waals surface area contributed by atoms with Gasteiger partial charge in [0.1, 0.15) is 0 Å². The monoisotopic (exact) mass is 274 g/mol. The summed E-state index contributed by atoms with van der Waals surface area (Å²) in [5.74, 6) is 0.653. The average Bonchev–Trinajstić information content (AvgIpc) is 2.85. The maximum Gasteiger partial charge on any atom is 0.0652 e. The number of ether oxygens (including phenoxy) is 1. The van der Waals surface area contributed by atoms with Crippen molar-refractivity contribution in [3.8, 4) is 0 Å². The van der Waals surface area contributed by atoms with E-state index < -0.39 is 0 Å². The van der Waals surface area contributed by atoms with E-state index in [4.69, 9.17) is 4.74 Å². The van der Waals surface area contributed by atoms with Gasteiger partial charge in [0, 0.05) is 36.7 Å². The molecular weight excluding hydrogens is 248 g/mol. The third kappa shape index (κ3) is 2.33. The minimum Gasteiger partial charge on any atom is -0.384 e. The van der Waals surface area contributed by atoms with Crippen LogP contribution in [0, 0.1) is 5.41 Å². The van der Waals surface area contributed by atoms with Crippen molar-refractivity contribution in [1.82, 2.24) is 5.32 Å². The fourth-order valence-corrected chi connectivity index (χ4v) is 3.68. The zero-order valence-electron chi connectivity index (χ0n) is 12.8. The lowest BCUT2D eigenvalue weighted by molar-refractivity contribution is -0.0973. The Kier molecular flexibility index (Phi) is 3.74. The van der Waals surface area contributed by atoms with Crippen LogP contribution in [-0.4, -0.2) is 32.3 Å². The van der Waals surface area contributed by atoms with Crippen LogP contribution < -0.4 is 10.6 Å². The van der Waals surface area contributed by atoms with Gasteiger partial charge in [-0.3, -0.25) is 0 Å². The molecule has 3 nitrogen and oxygen atoms in total. The van der Waals surface area contributed by atoms with Crippen LogP contribution in [0.15, 0.2) is 24.3 Å². The van der Waals surface area contributed by atoms with E-state index in [-0.39, 0.29) is 5.41 Å². The molecule has 3 atom stereocenters. The highest BCUT2D eigenvalue weighted by molar-refractivity contribution is 5.57. The Balaban J connectivity index is 1.48. The van der Waals surface area contributed by atoms with Gasteiger partial charge in [0.25, 0.3) is 0 Å². The lowest BCUT2D eigenvalue weighted by Gasteiger charge is -2.51. The minimum atomic E-state index is 0.264. The maximum atomic E-state index is 5.51. The van der Waals surface area contributed by atoms with Gasteiger partial charge in [-0.25, -0.2) is 0 Å². The summed E-state index contributed by atoms with van der Waals surface area (Å²) in [6.07, 6.45) is 2.76. The molecule has 0 bridgehead atoms. The van der Waals surface area contributed by atoms with E-state index >= 15 is 0 Å². The van der Waals surface area contributed by atoms with Crippen LogP contribution in [0.2, 0.25) is 0 Å². The molecule has 1 aliphatic carbocycles. The van der Waals surface area contributed by atoms with Crippen molar-refractivity contribution in [2.45, 2.75) is 44.8 Å². The highest BCUT2D eigenvalue weighted by Gasteiger charge is 2.48. The van der Waals surface area contributed by atoms with Crippen LogP contribution in [0.5, 0.6) is 0 Å². The maximum absolute atomic E-state index is 5.51. The Morgan fingerprint density at radius 1 is 1.35 bits per heavy atom. The molecule has 110 valence electrons. The van der Waals surface area contributed by atoms with Gasteiger partial charge in [-0.2, -0.15) is 0 Å². The molecule has 0 saturated heterocycles. The Hall–Kier alpha value is -1.06. The molecule has 0 radical (unpaired) electrons. The number of nitrogens with one attached hydrogen (secondary N) is 2. The lowest BCUT2D eigenvalue weighted by Crippen LogP contribution is -2.60. The van der Waals surface area contributed by atoms with Gasteiger partial charge in [0.05, 0.1) is 6.10 Å². The van der Waals surface area contributed by atoms with Crippen LogP contribution in [-0.2, 0) is 4.74 Å². The SMILES string of the molecule is COC1CC(NCCC2CNc3ccccc32)C1(C)C. The van der Waals surface area contributed by atoms with Gasteiger partial charge in [0.2, 0.25) is 0 Å². The van der Waals surface area contributed by atoms with Gasteiger partial charge >= 0.3 is 0 Å². The minimum absolute atomic E-state index is 0.264. The zero-order valence-corrected chi connectivity index (χ0v) is 12.8. The molecular formula is C17H26N2O. The van der Waals surface area contributed by atoms with E-state index in [9.17, 15) is 0 Å². The molecule has 1 saturated carbocycles. The molecule has 0 amide bonds. The standard InChI is InChI=1S/C17H26N2O/c1-17(2)15(10-16(17)20-3)18-9-8-12-11-19-14-7-5-4-6-13(12)14/h4-7,12,15-16,18-19H,8-11H2,1-3H3. The summed E-state index contributed by atoms with van der Waals surface area (Å²) in [7, 11) is 1.82. The van der Waals surface area contributed by atoms with E-state index in [1.54, 1.807) is 0 Å². The predicted octanol–water partition coefficient (Wildman–Crippen LogP) is 2.99. The zero-order chi connectivity index (χ0) is 14.2. The van der Waals surface area contributed by atoms with Crippen molar-refractivity contribution >= 4 is 5.69 Å². The second kappa shape index (κ2) is 5.38. The Morgan fingerprint density at radius 2 is 2.15 bits per heavy atom. The first kappa shape index (κ1) is 13.9. The summed E-state index contributed by atoms with van der Waals surface area (Å²) in [6, 6.07) is 9.28. The van der Waals surface area contributed by atoms with Gasteiger partial charge < -0.3 is 15.4 Å². The number of hydrogen-bond donors (Lipinski definition) is 2. The summed E-state index contributed by atoms with van der Waals surface area (Å²) in [6.45, 7) is 6.77. The van der Waals surface area contributed by atoms with E-state index in [0.29, 0.717) is 18.1 Å². The molecule has 20 heavy (non-hydrogen) atoms. The smallest absolute Gasteiger partial charge is 0.0652 e. The van der Waals surface area contributed by atoms with Crippen molar-refractivity contribution in [2.75, 3.05) is 25.5 Å². The number of hydrogen-bond acceptors (Lipinski definition) is 3. The molecule has 2 aliphatic rings. The highest BCUT2D eigenvalue weighted by Crippen LogP contribution is 2.42. The third-order valence-electron chi connectivity index (χ3n) is 5.29. The van der Waals surface area contributed by atoms with Crippen molar-refractivity contribution in [1.29, 1.82) is 0 Å². The second-order valence-electron chi connectivity index (χ2n) is 6.74. The van der Waals surface area contributed by atoms with Crippen LogP contribution >= 0.6 is 0 Å². The molecule has 0 spiro atoms. The summed E-state index contributed by atoms with van der Waals surface area (Å²) in [4.78, 5) is 0. The largest absolute Gasteiger partial charge is 0.384 e. The van der Waals surface area contributed by atoms with Crippen LogP contribution in [0.1, 0.15) is 38.2 Å². The number of para-hydroxylation sites is 1. The molecule has 0 aromatic heterocycles. The van der Waals surface area contributed by atoms with Gasteiger partial charge in [-0.15, -0.1) is 0 Å². The number of benzene rings is 1. The van der Waals surface area contributed by atoms with E-state index in [0.717, 1.165) is 19.5 Å². The molecule has 2 N–H and O–H groups in total. The quantitative estimate of drug-likeness (QED) is 0.866. The molecule has 3 heteroatoms. The van der Waals surface area contributed by atoms with Crippen LogP contribution in [0.3, 0.4) is 0 Å². The molecule has 1 aromatic rings. The van der Waals surface area contributed by atoms with Crippen molar-refractivity contribution in [3.63, 3.8) is 0 Å². The Morgan fingerprint density at radius 3 is 2.90 bits per heavy atom. The first-order chi connectivity index (χ1) is 9.63. The van der Waals surface area contributed by atoms with Crippen LogP contribution in [0.25, 0.3) is 0 Å². The van der Waals surface area contributed by atoms with Gasteiger partial charge in [-0.1, -0.05) is 32.0 Å². The average molecular weight is 274 g/mol. The molecule has 1 fully saturated rings. The van der Waals surface area contributed by atoms with E-state index in [2.05, 4.69) is 48.7 Å². The van der Waals surface area contributed by atoms with Crippen molar-refractivity contribution in [3.05, 3.63) is 29.8 Å². The Bertz CT molecular complexity index is 472. The first-order valence-corrected chi connectivity index (χ1v) is 7.72. The van der Waals surface area contributed by atoms with Crippen molar-refractivity contribution in [2.24, 2.45) is 5.41 Å². The number of rotatable bonds is 5. The number of anilines is 1. The second-order valence-corrected chi connectivity index (χ2v) is 6.74. The summed E-state index contributed by atoms with van der Waals surface area (Å²) in [5, 5.41) is 7.22. The molecule has 1 heterocycles. The summed E-state index contributed by atoms with van der Waals surface area (Å²) >= 11 is 0.